The number of nitrogens with one attached hydrogen (secondary N) is 1. The number of halogens is 1. The monoisotopic (exact) mass is 415 g/mol. The van der Waals surface area contributed by atoms with Crippen molar-refractivity contribution < 1.29 is 9.50 Å². The average Bonchev–Trinajstić information content (AvgIpc) is 3.28. The van der Waals surface area contributed by atoms with Gasteiger partial charge in [-0.05, 0) is 49.9 Å². The Morgan fingerprint density at radius 1 is 1.07 bits per heavy atom. The van der Waals surface area contributed by atoms with Gasteiger partial charge in [-0.15, -0.1) is 5.10 Å². The van der Waals surface area contributed by atoms with Gasteiger partial charge in [-0.3, -0.25) is 4.90 Å². The number of likely N-dealkylation sites (tertiary alicyclic amines) is 1. The van der Waals surface area contributed by atoms with Crippen molar-refractivity contribution in [1.29, 1.82) is 0 Å². The minimum absolute atomic E-state index is 0.157. The van der Waals surface area contributed by atoms with Gasteiger partial charge in [0.1, 0.15) is 5.82 Å². The van der Waals surface area contributed by atoms with E-state index in [-0.39, 0.29) is 11.9 Å². The van der Waals surface area contributed by atoms with Crippen LogP contribution >= 0.6 is 11.3 Å². The first-order chi connectivity index (χ1) is 14.2. The predicted octanol–water partition coefficient (Wildman–Crippen LogP) is 3.78. The number of benzene rings is 1. The summed E-state index contributed by atoms with van der Waals surface area (Å²) >= 11 is 1.54. The maximum Gasteiger partial charge on any atom is 0.214 e. The third-order valence-electron chi connectivity index (χ3n) is 6.20. The summed E-state index contributed by atoms with van der Waals surface area (Å²) in [5.74, 6) is -0.247. The normalized spacial score (nSPS) is 24.2. The van der Waals surface area contributed by atoms with Gasteiger partial charge in [-0.25, -0.2) is 13.9 Å². The van der Waals surface area contributed by atoms with Gasteiger partial charge in [0.25, 0.3) is 0 Å². The number of rotatable bonds is 4. The zero-order valence-corrected chi connectivity index (χ0v) is 17.1. The fraction of sp³-hybridized carbons (Fsp3) is 0.524. The van der Waals surface area contributed by atoms with Crippen LogP contribution in [0.15, 0.2) is 30.5 Å². The molecule has 0 bridgehead atoms. The zero-order chi connectivity index (χ0) is 19.8. The number of aromatic nitrogens is 3. The van der Waals surface area contributed by atoms with E-state index in [1.807, 2.05) is 6.20 Å². The molecule has 6 nitrogen and oxygen atoms in total. The molecule has 1 saturated carbocycles. The Balaban J connectivity index is 1.20. The lowest BCUT2D eigenvalue weighted by Crippen LogP contribution is -2.50. The molecule has 2 aromatic heterocycles. The number of aliphatic hydroxyl groups excluding tert-OH is 1. The molecule has 1 aliphatic carbocycles. The van der Waals surface area contributed by atoms with Crippen molar-refractivity contribution in [2.45, 2.75) is 56.7 Å². The molecule has 0 spiro atoms. The van der Waals surface area contributed by atoms with E-state index in [1.54, 1.807) is 28.0 Å². The summed E-state index contributed by atoms with van der Waals surface area (Å²) in [7, 11) is 0. The number of hydrogen-bond acceptors (Lipinski definition) is 6. The first-order valence-electron chi connectivity index (χ1n) is 10.5. The van der Waals surface area contributed by atoms with Gasteiger partial charge in [0.2, 0.25) is 10.1 Å². The molecule has 1 aromatic carbocycles. The number of aliphatic hydroxyl groups is 1. The van der Waals surface area contributed by atoms with E-state index in [2.05, 4.69) is 20.3 Å². The minimum atomic E-state index is -0.247. The second-order valence-electron chi connectivity index (χ2n) is 8.14. The first kappa shape index (κ1) is 19.0. The fourth-order valence-electron chi connectivity index (χ4n) is 4.59. The van der Waals surface area contributed by atoms with Crippen molar-refractivity contribution in [3.63, 3.8) is 0 Å². The lowest BCUT2D eigenvalue weighted by molar-refractivity contribution is 0.00993. The predicted molar refractivity (Wildman–Crippen MR) is 113 cm³/mol. The fourth-order valence-corrected chi connectivity index (χ4v) is 5.44. The molecule has 5 rings (SSSR count). The number of fused-ring (bicyclic) bond motifs is 1. The van der Waals surface area contributed by atoms with Crippen molar-refractivity contribution in [2.24, 2.45) is 0 Å². The molecular weight excluding hydrogens is 389 g/mol. The van der Waals surface area contributed by atoms with E-state index in [4.69, 9.17) is 0 Å². The molecule has 1 aliphatic heterocycles. The molecule has 2 unspecified atom stereocenters. The van der Waals surface area contributed by atoms with E-state index >= 15 is 0 Å². The Hall–Kier alpha value is -2.03. The van der Waals surface area contributed by atoms with Crippen molar-refractivity contribution in [2.75, 3.05) is 18.4 Å². The van der Waals surface area contributed by atoms with Gasteiger partial charge in [-0.2, -0.15) is 0 Å². The Labute approximate surface area is 173 Å². The molecule has 2 fully saturated rings. The van der Waals surface area contributed by atoms with Crippen molar-refractivity contribution >= 4 is 21.4 Å². The standard InChI is InChI=1S/C21H26FN5OS/c22-15-7-5-14(6-8-15)17-13-27-21(24-17)29-20(25-27)23-16-9-11-26(12-10-16)18-3-1-2-4-19(18)28/h5-8,13,16,18-19,28H,1-4,9-12H2,(H,23,25). The molecule has 0 amide bonds. The second kappa shape index (κ2) is 8.01. The Morgan fingerprint density at radius 3 is 2.55 bits per heavy atom. The van der Waals surface area contributed by atoms with E-state index in [9.17, 15) is 9.50 Å². The van der Waals surface area contributed by atoms with Gasteiger partial charge in [-0.1, -0.05) is 24.2 Å². The summed E-state index contributed by atoms with van der Waals surface area (Å²) in [5, 5.41) is 19.4. The highest BCUT2D eigenvalue weighted by Gasteiger charge is 2.31. The molecule has 29 heavy (non-hydrogen) atoms. The van der Waals surface area contributed by atoms with E-state index < -0.39 is 0 Å². The molecule has 2 atom stereocenters. The molecule has 8 heteroatoms. The third kappa shape index (κ3) is 4.01. The van der Waals surface area contributed by atoms with Crippen LogP contribution in [0.4, 0.5) is 9.52 Å². The van der Waals surface area contributed by atoms with Crippen molar-refractivity contribution in [1.82, 2.24) is 19.5 Å². The van der Waals surface area contributed by atoms with Gasteiger partial charge < -0.3 is 10.4 Å². The zero-order valence-electron chi connectivity index (χ0n) is 16.3. The summed E-state index contributed by atoms with van der Waals surface area (Å²) in [6.07, 6.45) is 8.31. The number of anilines is 1. The van der Waals surface area contributed by atoms with Gasteiger partial charge in [0.15, 0.2) is 0 Å². The number of piperidine rings is 1. The summed E-state index contributed by atoms with van der Waals surface area (Å²) in [6.45, 7) is 2.05. The van der Waals surface area contributed by atoms with Crippen molar-refractivity contribution in [3.8, 4) is 11.3 Å². The summed E-state index contributed by atoms with van der Waals surface area (Å²) in [5.41, 5.74) is 1.69. The lowest BCUT2D eigenvalue weighted by atomic mass is 9.89. The summed E-state index contributed by atoms with van der Waals surface area (Å²) in [6, 6.07) is 7.11. The Bertz CT molecular complexity index is 932. The van der Waals surface area contributed by atoms with Crippen LogP contribution < -0.4 is 5.32 Å². The molecule has 3 heterocycles. The number of hydrogen-bond donors (Lipinski definition) is 2. The molecule has 0 radical (unpaired) electrons. The number of nitrogens with zero attached hydrogens (tertiary/aromatic N) is 4. The van der Waals surface area contributed by atoms with E-state index in [0.717, 1.165) is 66.5 Å². The van der Waals surface area contributed by atoms with Crippen LogP contribution in [0.25, 0.3) is 16.2 Å². The van der Waals surface area contributed by atoms with E-state index in [0.29, 0.717) is 12.1 Å². The molecule has 2 aliphatic rings. The van der Waals surface area contributed by atoms with Crippen LogP contribution in [0.5, 0.6) is 0 Å². The Kier molecular flexibility index (Phi) is 5.24. The largest absolute Gasteiger partial charge is 0.391 e. The SMILES string of the molecule is OC1CCCCC1N1CCC(Nc2nn3cc(-c4ccc(F)cc4)nc3s2)CC1. The Morgan fingerprint density at radius 2 is 1.83 bits per heavy atom. The molecule has 154 valence electrons. The minimum Gasteiger partial charge on any atom is -0.391 e. The highest BCUT2D eigenvalue weighted by molar-refractivity contribution is 7.20. The van der Waals surface area contributed by atoms with Gasteiger partial charge >= 0.3 is 0 Å². The maximum atomic E-state index is 13.1. The summed E-state index contributed by atoms with van der Waals surface area (Å²) < 4.78 is 14.9. The first-order valence-corrected chi connectivity index (χ1v) is 11.3. The topological polar surface area (TPSA) is 65.7 Å². The van der Waals surface area contributed by atoms with Crippen LogP contribution in [0.1, 0.15) is 38.5 Å². The number of imidazole rings is 1. The smallest absolute Gasteiger partial charge is 0.214 e. The lowest BCUT2D eigenvalue weighted by Gasteiger charge is -2.41. The quantitative estimate of drug-likeness (QED) is 0.679. The highest BCUT2D eigenvalue weighted by atomic mass is 32.1. The maximum absolute atomic E-state index is 13.1. The molecule has 3 aromatic rings. The van der Waals surface area contributed by atoms with Crippen LogP contribution in [-0.4, -0.2) is 55.9 Å². The molecular formula is C21H26FN5OS. The van der Waals surface area contributed by atoms with Crippen LogP contribution in [0.3, 0.4) is 0 Å². The highest BCUT2D eigenvalue weighted by Crippen LogP contribution is 2.29. The van der Waals surface area contributed by atoms with Crippen LogP contribution in [-0.2, 0) is 0 Å². The second-order valence-corrected chi connectivity index (χ2v) is 9.10. The molecule has 1 saturated heterocycles. The third-order valence-corrected chi connectivity index (χ3v) is 7.06. The van der Waals surface area contributed by atoms with Crippen LogP contribution in [0, 0.1) is 5.82 Å². The average molecular weight is 416 g/mol. The van der Waals surface area contributed by atoms with Gasteiger partial charge in [0, 0.05) is 30.7 Å². The van der Waals surface area contributed by atoms with E-state index in [1.165, 1.54) is 18.6 Å². The summed E-state index contributed by atoms with van der Waals surface area (Å²) in [4.78, 5) is 7.93. The van der Waals surface area contributed by atoms with Crippen molar-refractivity contribution in [3.05, 3.63) is 36.3 Å². The van der Waals surface area contributed by atoms with Crippen LogP contribution in [0.2, 0.25) is 0 Å². The molecule has 2 N–H and O–H groups in total. The van der Waals surface area contributed by atoms with Gasteiger partial charge in [0.05, 0.1) is 18.0 Å².